The van der Waals surface area contributed by atoms with Crippen LogP contribution in [0, 0.1) is 22.7 Å². The topological polar surface area (TPSA) is 145 Å². The van der Waals surface area contributed by atoms with E-state index in [-0.39, 0.29) is 64.6 Å². The van der Waals surface area contributed by atoms with Crippen molar-refractivity contribution in [2.75, 3.05) is 13.7 Å². The van der Waals surface area contributed by atoms with E-state index in [2.05, 4.69) is 10.3 Å². The summed E-state index contributed by atoms with van der Waals surface area (Å²) in [5, 5.41) is 30.4. The number of carboxylic acid groups (broad SMARTS) is 1. The summed E-state index contributed by atoms with van der Waals surface area (Å²) in [6, 6.07) is 11.5. The molecule has 1 heterocycles. The van der Waals surface area contributed by atoms with Gasteiger partial charge in [0.1, 0.15) is 17.2 Å². The lowest BCUT2D eigenvalue weighted by atomic mass is 9.98. The van der Waals surface area contributed by atoms with Crippen LogP contribution < -0.4 is 14.8 Å². The van der Waals surface area contributed by atoms with E-state index in [0.717, 1.165) is 6.20 Å². The Hall–Kier alpha value is -4.81. The standard InChI is InChI=1S/C27H20ClF3N4O5/c1-39-22-5-2-4-15(11-32)20(22)14-35-26(38)18-9-17(21(28)10-23(18)40-7-3-6-25(36)37)19-13-34-24(27(29,30)31)8-16(19)12-33/h2,4-5,8-10,13H,3,6-7,14H2,1H3,(H,35,38)(H,36,37). The van der Waals surface area contributed by atoms with Crippen LogP contribution in [0.15, 0.2) is 42.6 Å². The number of nitrogens with one attached hydrogen (secondary N) is 1. The number of nitriles is 2. The zero-order valence-corrected chi connectivity index (χ0v) is 21.6. The van der Waals surface area contributed by atoms with Crippen molar-refractivity contribution in [1.29, 1.82) is 10.5 Å². The monoisotopic (exact) mass is 572 g/mol. The average Bonchev–Trinajstić information content (AvgIpc) is 2.92. The molecule has 0 unspecified atom stereocenters. The van der Waals surface area contributed by atoms with Crippen molar-refractivity contribution in [2.45, 2.75) is 25.6 Å². The maximum atomic E-state index is 13.3. The number of hydrogen-bond donors (Lipinski definition) is 2. The molecule has 2 N–H and O–H groups in total. The van der Waals surface area contributed by atoms with Gasteiger partial charge in [-0.25, -0.2) is 0 Å². The van der Waals surface area contributed by atoms with Gasteiger partial charge in [0.25, 0.3) is 5.91 Å². The van der Waals surface area contributed by atoms with E-state index < -0.39 is 23.7 Å². The summed E-state index contributed by atoms with van der Waals surface area (Å²) < 4.78 is 50.3. The van der Waals surface area contributed by atoms with Crippen molar-refractivity contribution < 1.29 is 37.3 Å². The number of aliphatic carboxylic acids is 1. The fourth-order valence-electron chi connectivity index (χ4n) is 3.69. The van der Waals surface area contributed by atoms with E-state index in [1.165, 1.54) is 19.2 Å². The highest BCUT2D eigenvalue weighted by Gasteiger charge is 2.33. The van der Waals surface area contributed by atoms with Crippen molar-refractivity contribution >= 4 is 23.5 Å². The molecule has 0 bridgehead atoms. The van der Waals surface area contributed by atoms with Gasteiger partial charge >= 0.3 is 12.1 Å². The van der Waals surface area contributed by atoms with Gasteiger partial charge in [0.15, 0.2) is 0 Å². The zero-order chi connectivity index (χ0) is 29.4. The van der Waals surface area contributed by atoms with Gasteiger partial charge in [-0.2, -0.15) is 23.7 Å². The number of methoxy groups -OCH3 is 1. The van der Waals surface area contributed by atoms with Crippen LogP contribution in [0.5, 0.6) is 11.5 Å². The van der Waals surface area contributed by atoms with Crippen LogP contribution in [-0.2, 0) is 17.5 Å². The number of alkyl halides is 3. The highest BCUT2D eigenvalue weighted by molar-refractivity contribution is 6.33. The summed E-state index contributed by atoms with van der Waals surface area (Å²) in [4.78, 5) is 27.6. The Morgan fingerprint density at radius 2 is 1.82 bits per heavy atom. The molecule has 3 aromatic rings. The third kappa shape index (κ3) is 6.98. The third-order valence-electron chi connectivity index (χ3n) is 5.61. The third-order valence-corrected chi connectivity index (χ3v) is 5.92. The summed E-state index contributed by atoms with van der Waals surface area (Å²) in [6.07, 6.45) is -4.02. The molecular weight excluding hydrogens is 553 g/mol. The fourth-order valence-corrected chi connectivity index (χ4v) is 3.94. The molecule has 0 fully saturated rings. The maximum Gasteiger partial charge on any atom is 0.433 e. The minimum atomic E-state index is -4.78. The van der Waals surface area contributed by atoms with Gasteiger partial charge in [-0.1, -0.05) is 17.7 Å². The Morgan fingerprint density at radius 3 is 2.45 bits per heavy atom. The van der Waals surface area contributed by atoms with Gasteiger partial charge in [-0.15, -0.1) is 0 Å². The highest BCUT2D eigenvalue weighted by atomic mass is 35.5. The molecule has 0 spiro atoms. The van der Waals surface area contributed by atoms with E-state index in [1.54, 1.807) is 24.3 Å². The lowest BCUT2D eigenvalue weighted by Crippen LogP contribution is -2.24. The molecule has 0 aliphatic heterocycles. The smallest absolute Gasteiger partial charge is 0.433 e. The largest absolute Gasteiger partial charge is 0.496 e. The minimum Gasteiger partial charge on any atom is -0.496 e. The van der Waals surface area contributed by atoms with Crippen LogP contribution in [-0.4, -0.2) is 35.7 Å². The van der Waals surface area contributed by atoms with Crippen LogP contribution in [0.2, 0.25) is 5.02 Å². The summed E-state index contributed by atoms with van der Waals surface area (Å²) in [5.41, 5.74) is -1.11. The second-order valence-corrected chi connectivity index (χ2v) is 8.59. The van der Waals surface area contributed by atoms with Gasteiger partial charge in [-0.3, -0.25) is 14.6 Å². The van der Waals surface area contributed by atoms with E-state index in [4.69, 9.17) is 26.2 Å². The molecule has 9 nitrogen and oxygen atoms in total. The van der Waals surface area contributed by atoms with Gasteiger partial charge in [-0.05, 0) is 30.7 Å². The normalized spacial score (nSPS) is 10.8. The van der Waals surface area contributed by atoms with Crippen LogP contribution >= 0.6 is 11.6 Å². The molecule has 2 aromatic carbocycles. The first-order chi connectivity index (χ1) is 19.0. The fraction of sp³-hybridized carbons (Fsp3) is 0.222. The predicted octanol–water partition coefficient (Wildman–Crippen LogP) is 5.35. The van der Waals surface area contributed by atoms with Crippen molar-refractivity contribution in [1.82, 2.24) is 10.3 Å². The number of ether oxygens (including phenoxy) is 2. The highest BCUT2D eigenvalue weighted by Crippen LogP contribution is 2.37. The number of rotatable bonds is 10. The number of amides is 1. The van der Waals surface area contributed by atoms with Crippen LogP contribution in [0.4, 0.5) is 13.2 Å². The molecule has 0 atom stereocenters. The first-order valence-electron chi connectivity index (χ1n) is 11.5. The molecule has 0 aliphatic carbocycles. The van der Waals surface area contributed by atoms with Gasteiger partial charge in [0, 0.05) is 41.9 Å². The second-order valence-electron chi connectivity index (χ2n) is 8.18. The molecule has 0 aliphatic rings. The number of carbonyl (C=O) groups is 2. The molecule has 0 radical (unpaired) electrons. The Bertz CT molecular complexity index is 1530. The second kappa shape index (κ2) is 12.8. The average molecular weight is 573 g/mol. The summed E-state index contributed by atoms with van der Waals surface area (Å²) in [7, 11) is 1.40. The molecule has 206 valence electrons. The van der Waals surface area contributed by atoms with Crippen molar-refractivity contribution in [3.05, 3.63) is 75.6 Å². The van der Waals surface area contributed by atoms with Crippen molar-refractivity contribution in [2.24, 2.45) is 0 Å². The van der Waals surface area contributed by atoms with E-state index in [9.17, 15) is 33.3 Å². The number of halogens is 4. The maximum absolute atomic E-state index is 13.3. The quantitative estimate of drug-likeness (QED) is 0.309. The van der Waals surface area contributed by atoms with Gasteiger partial charge in [0.05, 0.1) is 47.6 Å². The first-order valence-corrected chi connectivity index (χ1v) is 11.9. The number of aromatic nitrogens is 1. The molecule has 0 saturated carbocycles. The number of benzene rings is 2. The first kappa shape index (κ1) is 29.7. The molecule has 1 amide bonds. The predicted molar refractivity (Wildman–Crippen MR) is 136 cm³/mol. The van der Waals surface area contributed by atoms with Crippen molar-refractivity contribution in [3.63, 3.8) is 0 Å². The molecule has 40 heavy (non-hydrogen) atoms. The Balaban J connectivity index is 2.04. The van der Waals surface area contributed by atoms with Crippen molar-refractivity contribution in [3.8, 4) is 34.8 Å². The van der Waals surface area contributed by atoms with Crippen LogP contribution in [0.3, 0.4) is 0 Å². The SMILES string of the molecule is COc1cccc(C#N)c1CNC(=O)c1cc(-c2cnc(C(F)(F)F)cc2C#N)c(Cl)cc1OCCCC(=O)O. The molecular formula is C27H20ClF3N4O5. The number of pyridine rings is 1. The molecule has 0 saturated heterocycles. The summed E-state index contributed by atoms with van der Waals surface area (Å²) in [5.74, 6) is -1.43. The zero-order valence-electron chi connectivity index (χ0n) is 20.8. The molecule has 1 aromatic heterocycles. The van der Waals surface area contributed by atoms with E-state index >= 15 is 0 Å². The Morgan fingerprint density at radius 1 is 1.10 bits per heavy atom. The lowest BCUT2D eigenvalue weighted by molar-refractivity contribution is -0.141. The van der Waals surface area contributed by atoms with Crippen LogP contribution in [0.1, 0.15) is 45.6 Å². The lowest BCUT2D eigenvalue weighted by Gasteiger charge is -2.17. The van der Waals surface area contributed by atoms with Gasteiger partial charge < -0.3 is 19.9 Å². The number of carbonyl (C=O) groups excluding carboxylic acids is 1. The number of carboxylic acids is 1. The summed E-state index contributed by atoms with van der Waals surface area (Å²) in [6.45, 7) is -0.216. The van der Waals surface area contributed by atoms with Gasteiger partial charge in [0.2, 0.25) is 0 Å². The van der Waals surface area contributed by atoms with E-state index in [1.807, 2.05) is 6.07 Å². The summed E-state index contributed by atoms with van der Waals surface area (Å²) >= 11 is 6.40. The van der Waals surface area contributed by atoms with Crippen LogP contribution in [0.25, 0.3) is 11.1 Å². The number of hydrogen-bond acceptors (Lipinski definition) is 7. The Labute approximate surface area is 231 Å². The minimum absolute atomic E-state index is 0.0319. The number of nitrogens with zero attached hydrogens (tertiary/aromatic N) is 3. The van der Waals surface area contributed by atoms with E-state index in [0.29, 0.717) is 17.4 Å². The molecule has 3 rings (SSSR count). The molecule has 13 heteroatoms. The Kier molecular flexibility index (Phi) is 9.54.